The van der Waals surface area contributed by atoms with Crippen molar-refractivity contribution in [3.8, 4) is 11.5 Å². The van der Waals surface area contributed by atoms with Crippen molar-refractivity contribution in [2.24, 2.45) is 0 Å². The Kier molecular flexibility index (Phi) is 16.4. The van der Waals surface area contributed by atoms with Crippen molar-refractivity contribution in [3.63, 3.8) is 0 Å². The number of methoxy groups -OCH3 is 1. The summed E-state index contributed by atoms with van der Waals surface area (Å²) in [5.41, 5.74) is 0.958. The molecule has 224 valence electrons. The summed E-state index contributed by atoms with van der Waals surface area (Å²) in [6.07, 6.45) is 1.45. The lowest BCUT2D eigenvalue weighted by atomic mass is 10.1. The van der Waals surface area contributed by atoms with Gasteiger partial charge in [0.15, 0.2) is 5.78 Å². The summed E-state index contributed by atoms with van der Waals surface area (Å²) in [4.78, 5) is 46.9. The third-order valence-corrected chi connectivity index (χ3v) is 5.47. The van der Waals surface area contributed by atoms with Gasteiger partial charge in [-0.1, -0.05) is 0 Å². The van der Waals surface area contributed by atoms with Crippen LogP contribution in [-0.4, -0.2) is 83.7 Å². The zero-order valence-corrected chi connectivity index (χ0v) is 23.6. The quantitative estimate of drug-likeness (QED) is 0.0921. The van der Waals surface area contributed by atoms with Gasteiger partial charge in [0, 0.05) is 25.5 Å². The molecule has 0 atom stereocenters. The number of ether oxygens (including phenoxy) is 7. The molecular formula is C30H38O11. The fourth-order valence-corrected chi connectivity index (χ4v) is 3.29. The molecule has 0 aliphatic rings. The number of carbonyl (C=O) groups excluding carboxylic acids is 4. The molecule has 0 aliphatic carbocycles. The molecule has 0 fully saturated rings. The molecule has 0 spiro atoms. The molecule has 2 rings (SSSR count). The SMILES string of the molecule is COCCOCCOC(=O)CCCCC(=O)OCCOCCOC(=O)c1ccc(Oc2ccc(C(C)=O)cc2)cc1. The minimum atomic E-state index is -0.503. The molecular weight excluding hydrogens is 536 g/mol. The Bertz CT molecular complexity index is 1060. The van der Waals surface area contributed by atoms with Gasteiger partial charge in [-0.3, -0.25) is 14.4 Å². The largest absolute Gasteiger partial charge is 0.463 e. The molecule has 11 nitrogen and oxygen atoms in total. The number of rotatable bonds is 21. The molecule has 11 heteroatoms. The van der Waals surface area contributed by atoms with Crippen LogP contribution >= 0.6 is 0 Å². The second-order valence-electron chi connectivity index (χ2n) is 8.71. The summed E-state index contributed by atoms with van der Waals surface area (Å²) in [6.45, 7) is 3.38. The first-order chi connectivity index (χ1) is 19.9. The van der Waals surface area contributed by atoms with Crippen molar-refractivity contribution in [1.29, 1.82) is 0 Å². The number of benzene rings is 2. The molecule has 0 aromatic heterocycles. The standard InChI is InChI=1S/C30H38O11/c1-23(31)24-7-11-26(12-8-24)41-27-13-9-25(10-14-27)30(34)40-22-19-37-18-21-39-29(33)6-4-3-5-28(32)38-20-17-36-16-15-35-2/h7-14H,3-6,15-22H2,1-2H3. The van der Waals surface area contributed by atoms with Gasteiger partial charge >= 0.3 is 17.9 Å². The molecule has 0 saturated carbocycles. The summed E-state index contributed by atoms with van der Waals surface area (Å²) < 4.78 is 36.4. The van der Waals surface area contributed by atoms with Crippen LogP contribution in [-0.2, 0) is 38.0 Å². The molecule has 41 heavy (non-hydrogen) atoms. The average molecular weight is 575 g/mol. The normalized spacial score (nSPS) is 10.6. The first-order valence-electron chi connectivity index (χ1n) is 13.4. The van der Waals surface area contributed by atoms with Crippen molar-refractivity contribution in [2.45, 2.75) is 32.6 Å². The molecule has 0 heterocycles. The Balaban J connectivity index is 1.47. The van der Waals surface area contributed by atoms with E-state index >= 15 is 0 Å². The van der Waals surface area contributed by atoms with E-state index in [2.05, 4.69) is 0 Å². The molecule has 0 aliphatic heterocycles. The Morgan fingerprint density at radius 3 is 1.46 bits per heavy atom. The summed E-state index contributed by atoms with van der Waals surface area (Å²) in [5, 5.41) is 0. The smallest absolute Gasteiger partial charge is 0.338 e. The first kappa shape index (κ1) is 33.4. The van der Waals surface area contributed by atoms with Crippen LogP contribution < -0.4 is 4.74 Å². The van der Waals surface area contributed by atoms with Crippen LogP contribution in [0.1, 0.15) is 53.3 Å². The predicted molar refractivity (Wildman–Crippen MR) is 147 cm³/mol. The minimum Gasteiger partial charge on any atom is -0.463 e. The Morgan fingerprint density at radius 2 is 1.00 bits per heavy atom. The van der Waals surface area contributed by atoms with Gasteiger partial charge in [0.1, 0.15) is 31.3 Å². The van der Waals surface area contributed by atoms with Crippen LogP contribution in [0, 0.1) is 0 Å². The maximum Gasteiger partial charge on any atom is 0.338 e. The van der Waals surface area contributed by atoms with Crippen LogP contribution in [0.5, 0.6) is 11.5 Å². The number of unbranched alkanes of at least 4 members (excludes halogenated alkanes) is 1. The monoisotopic (exact) mass is 574 g/mol. The Labute approximate surface area is 239 Å². The predicted octanol–water partition coefficient (Wildman–Crippen LogP) is 4.16. The number of hydrogen-bond donors (Lipinski definition) is 0. The summed E-state index contributed by atoms with van der Waals surface area (Å²) >= 11 is 0. The highest BCUT2D eigenvalue weighted by Gasteiger charge is 2.09. The number of hydrogen-bond acceptors (Lipinski definition) is 11. The van der Waals surface area contributed by atoms with Gasteiger partial charge in [-0.05, 0) is 68.3 Å². The van der Waals surface area contributed by atoms with E-state index in [1.54, 1.807) is 55.6 Å². The number of esters is 3. The zero-order chi connectivity index (χ0) is 29.7. The topological polar surface area (TPSA) is 133 Å². The van der Waals surface area contributed by atoms with Crippen molar-refractivity contribution in [1.82, 2.24) is 0 Å². The van der Waals surface area contributed by atoms with E-state index in [-0.39, 0.29) is 63.6 Å². The van der Waals surface area contributed by atoms with Crippen LogP contribution in [0.25, 0.3) is 0 Å². The lowest BCUT2D eigenvalue weighted by Gasteiger charge is -2.09. The van der Waals surface area contributed by atoms with Gasteiger partial charge in [-0.15, -0.1) is 0 Å². The van der Waals surface area contributed by atoms with Crippen LogP contribution in [0.15, 0.2) is 48.5 Å². The van der Waals surface area contributed by atoms with E-state index in [0.717, 1.165) is 0 Å². The highest BCUT2D eigenvalue weighted by Crippen LogP contribution is 2.22. The van der Waals surface area contributed by atoms with Crippen LogP contribution in [0.2, 0.25) is 0 Å². The van der Waals surface area contributed by atoms with Crippen molar-refractivity contribution in [3.05, 3.63) is 59.7 Å². The van der Waals surface area contributed by atoms with Gasteiger partial charge in [-0.2, -0.15) is 0 Å². The molecule has 0 saturated heterocycles. The molecule has 0 unspecified atom stereocenters. The second-order valence-corrected chi connectivity index (χ2v) is 8.71. The highest BCUT2D eigenvalue weighted by molar-refractivity contribution is 5.94. The minimum absolute atomic E-state index is 0.0229. The summed E-state index contributed by atoms with van der Waals surface area (Å²) in [5.74, 6) is -0.125. The van der Waals surface area contributed by atoms with Gasteiger partial charge in [-0.25, -0.2) is 4.79 Å². The molecule has 2 aromatic rings. The number of ketones is 1. The van der Waals surface area contributed by atoms with Gasteiger partial charge in [0.2, 0.25) is 0 Å². The maximum absolute atomic E-state index is 12.2. The molecule has 0 N–H and O–H groups in total. The van der Waals surface area contributed by atoms with E-state index in [1.807, 2.05) is 0 Å². The zero-order valence-electron chi connectivity index (χ0n) is 23.6. The fraction of sp³-hybridized carbons (Fsp3) is 0.467. The third kappa shape index (κ3) is 15.0. The fourth-order valence-electron chi connectivity index (χ4n) is 3.29. The van der Waals surface area contributed by atoms with Gasteiger partial charge < -0.3 is 33.2 Å². The maximum atomic E-state index is 12.2. The van der Waals surface area contributed by atoms with E-state index < -0.39 is 5.97 Å². The lowest BCUT2D eigenvalue weighted by Crippen LogP contribution is -2.15. The van der Waals surface area contributed by atoms with Crippen molar-refractivity contribution in [2.75, 3.05) is 60.0 Å². The lowest BCUT2D eigenvalue weighted by molar-refractivity contribution is -0.147. The van der Waals surface area contributed by atoms with Crippen LogP contribution in [0.3, 0.4) is 0 Å². The first-order valence-corrected chi connectivity index (χ1v) is 13.4. The molecule has 0 amide bonds. The highest BCUT2D eigenvalue weighted by atomic mass is 16.6. The molecule has 0 bridgehead atoms. The number of carbonyl (C=O) groups is 4. The second kappa shape index (κ2) is 20.1. The van der Waals surface area contributed by atoms with E-state index in [4.69, 9.17) is 33.2 Å². The summed E-state index contributed by atoms with van der Waals surface area (Å²) in [6, 6.07) is 13.2. The van der Waals surface area contributed by atoms with Gasteiger partial charge in [0.05, 0.1) is 38.6 Å². The molecule has 0 radical (unpaired) electrons. The van der Waals surface area contributed by atoms with E-state index in [9.17, 15) is 19.2 Å². The number of Topliss-reactive ketones (excluding diaryl/α,β-unsaturated/α-hetero) is 1. The van der Waals surface area contributed by atoms with Crippen molar-refractivity contribution >= 4 is 23.7 Å². The Hall–Kier alpha value is -3.80. The van der Waals surface area contributed by atoms with E-state index in [0.29, 0.717) is 55.3 Å². The summed E-state index contributed by atoms with van der Waals surface area (Å²) in [7, 11) is 1.58. The molecule has 2 aromatic carbocycles. The average Bonchev–Trinajstić information content (AvgIpc) is 2.97. The van der Waals surface area contributed by atoms with Crippen LogP contribution in [0.4, 0.5) is 0 Å². The van der Waals surface area contributed by atoms with Crippen molar-refractivity contribution < 1.29 is 52.3 Å². The van der Waals surface area contributed by atoms with E-state index in [1.165, 1.54) is 6.92 Å². The Morgan fingerprint density at radius 1 is 0.561 bits per heavy atom. The third-order valence-electron chi connectivity index (χ3n) is 5.47. The van der Waals surface area contributed by atoms with Gasteiger partial charge in [0.25, 0.3) is 0 Å².